The molecule has 0 fully saturated rings. The molecule has 1 amide bonds. The number of benzene rings is 2. The maximum atomic E-state index is 12.6. The van der Waals surface area contributed by atoms with Gasteiger partial charge in [0.25, 0.3) is 5.91 Å². The lowest BCUT2D eigenvalue weighted by atomic mass is 10.2. The van der Waals surface area contributed by atoms with Crippen molar-refractivity contribution in [2.45, 2.75) is 33.8 Å². The molecule has 6 heteroatoms. The van der Waals surface area contributed by atoms with Gasteiger partial charge in [-0.3, -0.25) is 4.79 Å². The van der Waals surface area contributed by atoms with Gasteiger partial charge in [-0.25, -0.2) is 9.97 Å². The van der Waals surface area contributed by atoms with Crippen molar-refractivity contribution in [2.24, 2.45) is 0 Å². The van der Waals surface area contributed by atoms with E-state index in [1.165, 1.54) is 5.56 Å². The van der Waals surface area contributed by atoms with Gasteiger partial charge in [0.1, 0.15) is 11.4 Å². The Bertz CT molecular complexity index is 951. The molecule has 144 valence electrons. The molecule has 1 heterocycles. The number of nitrogens with one attached hydrogen (secondary N) is 2. The predicted octanol–water partition coefficient (Wildman–Crippen LogP) is 4.88. The summed E-state index contributed by atoms with van der Waals surface area (Å²) in [5.74, 6) is 0.847. The molecular formula is C22H24N4O2. The number of ether oxygens (including phenoxy) is 1. The Kier molecular flexibility index (Phi) is 5.89. The first kappa shape index (κ1) is 19.4. The van der Waals surface area contributed by atoms with E-state index in [1.54, 1.807) is 18.2 Å². The van der Waals surface area contributed by atoms with E-state index >= 15 is 0 Å². The average molecular weight is 376 g/mol. The molecule has 1 aromatic heterocycles. The van der Waals surface area contributed by atoms with Gasteiger partial charge in [0.15, 0.2) is 0 Å². The second-order valence-electron chi connectivity index (χ2n) is 6.85. The molecule has 0 atom stereocenters. The number of aryl methyl sites for hydroxylation is 2. The van der Waals surface area contributed by atoms with Crippen molar-refractivity contribution >= 4 is 23.2 Å². The standard InChI is InChI=1S/C22H24N4O2/c1-14(2)28-19-11-9-17(10-12-19)24-21(27)20-13-16(4)23-22(26-20)25-18-7-5-15(3)6-8-18/h5-14H,1-4H3,(H,24,27)(H,23,25,26). The summed E-state index contributed by atoms with van der Waals surface area (Å²) in [6.07, 6.45) is 0.101. The van der Waals surface area contributed by atoms with Crippen LogP contribution < -0.4 is 15.4 Å². The van der Waals surface area contributed by atoms with E-state index in [2.05, 4.69) is 20.6 Å². The molecule has 0 spiro atoms. The third-order valence-corrected chi connectivity index (χ3v) is 3.88. The van der Waals surface area contributed by atoms with Crippen LogP contribution in [0.1, 0.15) is 35.6 Å². The number of hydrogen-bond acceptors (Lipinski definition) is 5. The Balaban J connectivity index is 1.72. The van der Waals surface area contributed by atoms with Crippen molar-refractivity contribution in [2.75, 3.05) is 10.6 Å². The van der Waals surface area contributed by atoms with Crippen LogP contribution in [0.5, 0.6) is 5.75 Å². The van der Waals surface area contributed by atoms with Crippen LogP contribution in [0.15, 0.2) is 54.6 Å². The molecule has 0 radical (unpaired) electrons. The molecule has 6 nitrogen and oxygen atoms in total. The molecule has 3 rings (SSSR count). The molecule has 0 aliphatic rings. The Morgan fingerprint density at radius 1 is 0.929 bits per heavy atom. The first-order valence-corrected chi connectivity index (χ1v) is 9.16. The summed E-state index contributed by atoms with van der Waals surface area (Å²) in [6.45, 7) is 7.79. The van der Waals surface area contributed by atoms with Crippen molar-refractivity contribution in [1.29, 1.82) is 0 Å². The summed E-state index contributed by atoms with van der Waals surface area (Å²) in [7, 11) is 0. The topological polar surface area (TPSA) is 76.1 Å². The van der Waals surface area contributed by atoms with Crippen LogP contribution in [0.2, 0.25) is 0 Å². The van der Waals surface area contributed by atoms with Gasteiger partial charge in [0.05, 0.1) is 6.10 Å². The average Bonchev–Trinajstić information content (AvgIpc) is 2.64. The molecule has 2 N–H and O–H groups in total. The lowest BCUT2D eigenvalue weighted by Crippen LogP contribution is -2.15. The van der Waals surface area contributed by atoms with Gasteiger partial charge in [-0.05, 0) is 70.2 Å². The van der Waals surface area contributed by atoms with E-state index in [0.29, 0.717) is 23.0 Å². The molecule has 3 aromatic rings. The summed E-state index contributed by atoms with van der Waals surface area (Å²) < 4.78 is 5.61. The Labute approximate surface area is 165 Å². The van der Waals surface area contributed by atoms with Crippen molar-refractivity contribution in [3.8, 4) is 5.75 Å². The van der Waals surface area contributed by atoms with Gasteiger partial charge in [0.2, 0.25) is 5.95 Å². The van der Waals surface area contributed by atoms with Gasteiger partial charge in [0, 0.05) is 17.1 Å². The zero-order valence-corrected chi connectivity index (χ0v) is 16.5. The van der Waals surface area contributed by atoms with Crippen LogP contribution in [-0.4, -0.2) is 22.0 Å². The predicted molar refractivity (Wildman–Crippen MR) is 111 cm³/mol. The summed E-state index contributed by atoms with van der Waals surface area (Å²) in [4.78, 5) is 21.3. The van der Waals surface area contributed by atoms with Gasteiger partial charge >= 0.3 is 0 Å². The highest BCUT2D eigenvalue weighted by Gasteiger charge is 2.11. The van der Waals surface area contributed by atoms with Crippen LogP contribution in [0, 0.1) is 13.8 Å². The molecule has 28 heavy (non-hydrogen) atoms. The second-order valence-corrected chi connectivity index (χ2v) is 6.85. The van der Waals surface area contributed by atoms with Gasteiger partial charge in [-0.15, -0.1) is 0 Å². The molecule has 0 saturated heterocycles. The van der Waals surface area contributed by atoms with E-state index in [0.717, 1.165) is 11.4 Å². The van der Waals surface area contributed by atoms with Crippen LogP contribution in [-0.2, 0) is 0 Å². The third kappa shape index (κ3) is 5.30. The molecule has 0 aliphatic heterocycles. The smallest absolute Gasteiger partial charge is 0.274 e. The number of aromatic nitrogens is 2. The van der Waals surface area contributed by atoms with E-state index in [9.17, 15) is 4.79 Å². The minimum absolute atomic E-state index is 0.101. The number of anilines is 3. The maximum Gasteiger partial charge on any atom is 0.274 e. The zero-order chi connectivity index (χ0) is 20.1. The van der Waals surface area contributed by atoms with Crippen molar-refractivity contribution in [3.63, 3.8) is 0 Å². The van der Waals surface area contributed by atoms with Crippen molar-refractivity contribution in [3.05, 3.63) is 71.5 Å². The SMILES string of the molecule is Cc1ccc(Nc2nc(C)cc(C(=O)Nc3ccc(OC(C)C)cc3)n2)cc1. The monoisotopic (exact) mass is 376 g/mol. The molecule has 0 bridgehead atoms. The fraction of sp³-hybridized carbons (Fsp3) is 0.227. The number of nitrogens with zero attached hydrogens (tertiary/aromatic N) is 2. The number of carbonyl (C=O) groups excluding carboxylic acids is 1. The Morgan fingerprint density at radius 2 is 1.57 bits per heavy atom. The number of carbonyl (C=O) groups is 1. The van der Waals surface area contributed by atoms with Crippen LogP contribution in [0.3, 0.4) is 0 Å². The number of hydrogen-bond donors (Lipinski definition) is 2. The summed E-state index contributed by atoms with van der Waals surface area (Å²) in [5.41, 5.74) is 3.70. The molecule has 0 saturated carbocycles. The fourth-order valence-corrected chi connectivity index (χ4v) is 2.59. The fourth-order valence-electron chi connectivity index (χ4n) is 2.59. The largest absolute Gasteiger partial charge is 0.491 e. The first-order valence-electron chi connectivity index (χ1n) is 9.16. The third-order valence-electron chi connectivity index (χ3n) is 3.88. The second kappa shape index (κ2) is 8.52. The quantitative estimate of drug-likeness (QED) is 0.641. The highest BCUT2D eigenvalue weighted by atomic mass is 16.5. The number of amides is 1. The van der Waals surface area contributed by atoms with E-state index < -0.39 is 0 Å². The summed E-state index contributed by atoms with van der Waals surface area (Å²) >= 11 is 0. The number of rotatable bonds is 6. The lowest BCUT2D eigenvalue weighted by molar-refractivity contribution is 0.102. The highest BCUT2D eigenvalue weighted by molar-refractivity contribution is 6.03. The van der Waals surface area contributed by atoms with Gasteiger partial charge in [-0.2, -0.15) is 0 Å². The van der Waals surface area contributed by atoms with E-state index in [1.807, 2.05) is 64.1 Å². The normalized spacial score (nSPS) is 10.6. The minimum atomic E-state index is -0.296. The minimum Gasteiger partial charge on any atom is -0.491 e. The maximum absolute atomic E-state index is 12.6. The van der Waals surface area contributed by atoms with E-state index in [-0.39, 0.29) is 12.0 Å². The van der Waals surface area contributed by atoms with Gasteiger partial charge < -0.3 is 15.4 Å². The molecule has 0 unspecified atom stereocenters. The lowest BCUT2D eigenvalue weighted by Gasteiger charge is -2.11. The molecular weight excluding hydrogens is 352 g/mol. The van der Waals surface area contributed by atoms with Crippen molar-refractivity contribution < 1.29 is 9.53 Å². The van der Waals surface area contributed by atoms with Crippen LogP contribution >= 0.6 is 0 Å². The highest BCUT2D eigenvalue weighted by Crippen LogP contribution is 2.18. The van der Waals surface area contributed by atoms with Gasteiger partial charge in [-0.1, -0.05) is 17.7 Å². The zero-order valence-electron chi connectivity index (χ0n) is 16.5. The molecule has 2 aromatic carbocycles. The van der Waals surface area contributed by atoms with Crippen LogP contribution in [0.25, 0.3) is 0 Å². The Hall–Kier alpha value is -3.41. The summed E-state index contributed by atoms with van der Waals surface area (Å²) in [6, 6.07) is 16.8. The first-order chi connectivity index (χ1) is 13.4. The van der Waals surface area contributed by atoms with Crippen LogP contribution in [0.4, 0.5) is 17.3 Å². The summed E-state index contributed by atoms with van der Waals surface area (Å²) in [5, 5.41) is 5.99. The molecule has 0 aliphatic carbocycles. The van der Waals surface area contributed by atoms with Crippen molar-refractivity contribution in [1.82, 2.24) is 9.97 Å². The van der Waals surface area contributed by atoms with E-state index in [4.69, 9.17) is 4.74 Å². The Morgan fingerprint density at radius 3 is 2.21 bits per heavy atom.